The number of hydrogen-bond donors (Lipinski definition) is 0. The summed E-state index contributed by atoms with van der Waals surface area (Å²) in [5.41, 5.74) is 1.21. The van der Waals surface area contributed by atoms with E-state index in [0.29, 0.717) is 26.2 Å². The molecule has 0 aliphatic carbocycles. The maximum Gasteiger partial charge on any atom is 0.282 e. The van der Waals surface area contributed by atoms with E-state index in [1.165, 1.54) is 5.56 Å². The van der Waals surface area contributed by atoms with Gasteiger partial charge in [0.2, 0.25) is 0 Å². The predicted octanol–water partition coefficient (Wildman–Crippen LogP) is 0.553. The highest BCUT2D eigenvalue weighted by molar-refractivity contribution is 7.86. The maximum absolute atomic E-state index is 12.9. The summed E-state index contributed by atoms with van der Waals surface area (Å²) in [5.74, 6) is 0. The number of ether oxygens (including phenoxy) is 1. The third-order valence-electron chi connectivity index (χ3n) is 4.53. The van der Waals surface area contributed by atoms with E-state index in [-0.39, 0.29) is 12.2 Å². The summed E-state index contributed by atoms with van der Waals surface area (Å²) in [6, 6.07) is 4.00. The first-order valence-corrected chi connectivity index (χ1v) is 9.87. The van der Waals surface area contributed by atoms with E-state index in [1.807, 2.05) is 26.0 Å². The monoisotopic (exact) mass is 354 g/mol. The molecule has 134 valence electrons. The Kier molecular flexibility index (Phi) is 5.51. The molecule has 0 spiro atoms. The molecule has 7 nitrogen and oxygen atoms in total. The van der Waals surface area contributed by atoms with Crippen LogP contribution in [0.5, 0.6) is 0 Å². The minimum atomic E-state index is -3.40. The van der Waals surface area contributed by atoms with Crippen molar-refractivity contribution in [3.05, 3.63) is 30.1 Å². The van der Waals surface area contributed by atoms with Crippen LogP contribution < -0.4 is 0 Å². The van der Waals surface area contributed by atoms with Crippen LogP contribution in [0.25, 0.3) is 0 Å². The van der Waals surface area contributed by atoms with Gasteiger partial charge in [0.25, 0.3) is 10.2 Å². The molecule has 8 heteroatoms. The third-order valence-corrected chi connectivity index (χ3v) is 6.49. The van der Waals surface area contributed by atoms with E-state index in [2.05, 4.69) is 9.88 Å². The highest BCUT2D eigenvalue weighted by Gasteiger charge is 2.36. The van der Waals surface area contributed by atoms with E-state index >= 15 is 0 Å². The van der Waals surface area contributed by atoms with Crippen LogP contribution in [0.4, 0.5) is 0 Å². The van der Waals surface area contributed by atoms with Crippen molar-refractivity contribution in [2.75, 3.05) is 39.3 Å². The number of pyridine rings is 1. The van der Waals surface area contributed by atoms with Crippen molar-refractivity contribution in [3.63, 3.8) is 0 Å². The number of rotatable bonds is 4. The molecule has 2 unspecified atom stereocenters. The lowest BCUT2D eigenvalue weighted by atomic mass is 10.2. The zero-order valence-corrected chi connectivity index (χ0v) is 15.2. The molecular formula is C16H26N4O3S. The number of hydrogen-bond acceptors (Lipinski definition) is 5. The molecule has 0 radical (unpaired) electrons. The first-order valence-electron chi connectivity index (χ1n) is 8.47. The van der Waals surface area contributed by atoms with Crippen molar-refractivity contribution < 1.29 is 13.2 Å². The maximum atomic E-state index is 12.9. The molecule has 2 aliphatic rings. The van der Waals surface area contributed by atoms with E-state index in [0.717, 1.165) is 19.6 Å². The van der Waals surface area contributed by atoms with Gasteiger partial charge < -0.3 is 4.74 Å². The molecule has 2 atom stereocenters. The number of nitrogens with zero attached hydrogens (tertiary/aromatic N) is 4. The van der Waals surface area contributed by atoms with Crippen LogP contribution in [-0.2, 0) is 21.5 Å². The molecule has 0 saturated carbocycles. The number of piperazine rings is 1. The number of morpholine rings is 1. The molecule has 0 amide bonds. The van der Waals surface area contributed by atoms with Gasteiger partial charge in [-0.15, -0.1) is 0 Å². The zero-order chi connectivity index (χ0) is 17.2. The van der Waals surface area contributed by atoms with Gasteiger partial charge in [0.05, 0.1) is 12.2 Å². The molecule has 2 saturated heterocycles. The molecule has 1 aromatic rings. The predicted molar refractivity (Wildman–Crippen MR) is 91.6 cm³/mol. The molecule has 3 heterocycles. The van der Waals surface area contributed by atoms with E-state index in [9.17, 15) is 8.42 Å². The van der Waals surface area contributed by atoms with E-state index in [4.69, 9.17) is 4.74 Å². The van der Waals surface area contributed by atoms with Gasteiger partial charge in [-0.3, -0.25) is 9.88 Å². The molecule has 1 aromatic heterocycles. The van der Waals surface area contributed by atoms with Gasteiger partial charge in [0.1, 0.15) is 0 Å². The van der Waals surface area contributed by atoms with Crippen LogP contribution in [0.2, 0.25) is 0 Å². The van der Waals surface area contributed by atoms with Gasteiger partial charge in [0.15, 0.2) is 0 Å². The summed E-state index contributed by atoms with van der Waals surface area (Å²) >= 11 is 0. The Bertz CT molecular complexity index is 622. The lowest BCUT2D eigenvalue weighted by Crippen LogP contribution is -2.56. The Morgan fingerprint density at radius 1 is 1.04 bits per heavy atom. The van der Waals surface area contributed by atoms with Crippen molar-refractivity contribution in [1.29, 1.82) is 0 Å². The van der Waals surface area contributed by atoms with Crippen molar-refractivity contribution >= 4 is 10.2 Å². The largest absolute Gasteiger partial charge is 0.373 e. The third kappa shape index (κ3) is 4.12. The smallest absolute Gasteiger partial charge is 0.282 e. The van der Waals surface area contributed by atoms with E-state index < -0.39 is 10.2 Å². The SMILES string of the molecule is CC1CN(S(=O)(=O)N2CCN(Cc3ccncc3)CC2)CC(C)O1. The van der Waals surface area contributed by atoms with Gasteiger partial charge in [0, 0.05) is 58.2 Å². The van der Waals surface area contributed by atoms with E-state index in [1.54, 1.807) is 21.0 Å². The van der Waals surface area contributed by atoms with Crippen LogP contribution >= 0.6 is 0 Å². The topological polar surface area (TPSA) is 66.0 Å². The van der Waals surface area contributed by atoms with Crippen LogP contribution in [0, 0.1) is 0 Å². The lowest BCUT2D eigenvalue weighted by molar-refractivity contribution is -0.0457. The molecule has 0 N–H and O–H groups in total. The average molecular weight is 354 g/mol. The Hall–Kier alpha value is -1.06. The van der Waals surface area contributed by atoms with Crippen molar-refractivity contribution in [1.82, 2.24) is 18.5 Å². The van der Waals surface area contributed by atoms with Gasteiger partial charge >= 0.3 is 0 Å². The first-order chi connectivity index (χ1) is 11.4. The standard InChI is InChI=1S/C16H26N4O3S/c1-14-11-20(12-15(2)23-14)24(21,22)19-9-7-18(8-10-19)13-16-3-5-17-6-4-16/h3-6,14-15H,7-13H2,1-2H3. The van der Waals surface area contributed by atoms with Gasteiger partial charge in [-0.05, 0) is 31.5 Å². The highest BCUT2D eigenvalue weighted by atomic mass is 32.2. The van der Waals surface area contributed by atoms with Crippen molar-refractivity contribution in [3.8, 4) is 0 Å². The fourth-order valence-corrected chi connectivity index (χ4v) is 5.10. The Labute approximate surface area is 144 Å². The molecule has 2 aliphatic heterocycles. The van der Waals surface area contributed by atoms with Gasteiger partial charge in [-0.2, -0.15) is 17.0 Å². The first kappa shape index (κ1) is 17.8. The summed E-state index contributed by atoms with van der Waals surface area (Å²) in [7, 11) is -3.40. The van der Waals surface area contributed by atoms with Crippen LogP contribution in [0.1, 0.15) is 19.4 Å². The van der Waals surface area contributed by atoms with Crippen molar-refractivity contribution in [2.24, 2.45) is 0 Å². The zero-order valence-electron chi connectivity index (χ0n) is 14.3. The second-order valence-corrected chi connectivity index (χ2v) is 8.54. The highest BCUT2D eigenvalue weighted by Crippen LogP contribution is 2.19. The molecule has 0 bridgehead atoms. The minimum Gasteiger partial charge on any atom is -0.373 e. The quantitative estimate of drug-likeness (QED) is 0.790. The van der Waals surface area contributed by atoms with Crippen molar-refractivity contribution in [2.45, 2.75) is 32.6 Å². The Morgan fingerprint density at radius 3 is 2.21 bits per heavy atom. The molecular weight excluding hydrogens is 328 g/mol. The molecule has 2 fully saturated rings. The summed E-state index contributed by atoms with van der Waals surface area (Å²) in [6.07, 6.45) is 3.46. The second kappa shape index (κ2) is 7.45. The summed E-state index contributed by atoms with van der Waals surface area (Å²) in [4.78, 5) is 6.31. The Morgan fingerprint density at radius 2 is 1.62 bits per heavy atom. The fraction of sp³-hybridized carbons (Fsp3) is 0.688. The second-order valence-electron chi connectivity index (χ2n) is 6.61. The Balaban J connectivity index is 1.57. The molecule has 3 rings (SSSR count). The van der Waals surface area contributed by atoms with Gasteiger partial charge in [-0.1, -0.05) is 0 Å². The number of aromatic nitrogens is 1. The lowest BCUT2D eigenvalue weighted by Gasteiger charge is -2.40. The van der Waals surface area contributed by atoms with Crippen LogP contribution in [0.3, 0.4) is 0 Å². The fourth-order valence-electron chi connectivity index (χ4n) is 3.35. The van der Waals surface area contributed by atoms with Crippen LogP contribution in [-0.4, -0.2) is 78.4 Å². The minimum absolute atomic E-state index is 0.0588. The summed E-state index contributed by atoms with van der Waals surface area (Å²) in [6.45, 7) is 8.11. The summed E-state index contributed by atoms with van der Waals surface area (Å²) in [5, 5.41) is 0. The molecule has 0 aromatic carbocycles. The average Bonchev–Trinajstić information content (AvgIpc) is 2.55. The normalized spacial score (nSPS) is 28.1. The van der Waals surface area contributed by atoms with Crippen LogP contribution in [0.15, 0.2) is 24.5 Å². The van der Waals surface area contributed by atoms with Gasteiger partial charge in [-0.25, -0.2) is 0 Å². The molecule has 24 heavy (non-hydrogen) atoms. The summed E-state index contributed by atoms with van der Waals surface area (Å²) < 4.78 is 34.6.